The van der Waals surface area contributed by atoms with E-state index < -0.39 is 12.2 Å². The Bertz CT molecular complexity index is 781. The summed E-state index contributed by atoms with van der Waals surface area (Å²) in [6.45, 7) is 4.15. The number of piperidine rings is 1. The Balaban J connectivity index is 1.40. The molecule has 8 heteroatoms. The molecule has 1 N–H and O–H groups in total. The highest BCUT2D eigenvalue weighted by atomic mass is 32.2. The summed E-state index contributed by atoms with van der Waals surface area (Å²) in [6, 6.07) is 9.61. The van der Waals surface area contributed by atoms with Gasteiger partial charge in [-0.3, -0.25) is 10.1 Å². The van der Waals surface area contributed by atoms with E-state index in [1.54, 1.807) is 23.7 Å². The first-order valence-corrected chi connectivity index (χ1v) is 11.9. The normalized spacial score (nSPS) is 24.6. The van der Waals surface area contributed by atoms with Crippen LogP contribution in [0.3, 0.4) is 0 Å². The van der Waals surface area contributed by atoms with Crippen LogP contribution in [0.2, 0.25) is 0 Å². The van der Waals surface area contributed by atoms with Crippen molar-refractivity contribution in [3.63, 3.8) is 0 Å². The maximum atomic E-state index is 12.7. The Hall–Kier alpha value is -2.06. The lowest BCUT2D eigenvalue weighted by Crippen LogP contribution is -2.63. The number of urea groups is 1. The highest BCUT2D eigenvalue weighted by Crippen LogP contribution is 2.29. The lowest BCUT2D eigenvalue weighted by atomic mass is 10.1. The van der Waals surface area contributed by atoms with Crippen molar-refractivity contribution in [3.05, 3.63) is 35.9 Å². The predicted octanol–water partition coefficient (Wildman–Crippen LogP) is 2.39. The molecule has 30 heavy (non-hydrogen) atoms. The first kappa shape index (κ1) is 21.2. The number of imide groups is 1. The molecular formula is C22H31N5O2S. The molecule has 0 spiro atoms. The van der Waals surface area contributed by atoms with E-state index in [-0.39, 0.29) is 11.9 Å². The van der Waals surface area contributed by atoms with Crippen LogP contribution in [0.1, 0.15) is 31.2 Å². The summed E-state index contributed by atoms with van der Waals surface area (Å²) in [4.78, 5) is 35.7. The van der Waals surface area contributed by atoms with Crippen LogP contribution in [0.25, 0.3) is 0 Å². The summed E-state index contributed by atoms with van der Waals surface area (Å²) in [6.07, 6.45) is 5.37. The van der Waals surface area contributed by atoms with Crippen LogP contribution in [0, 0.1) is 0 Å². The van der Waals surface area contributed by atoms with Gasteiger partial charge in [-0.15, -0.1) is 0 Å². The van der Waals surface area contributed by atoms with Crippen LogP contribution >= 0.6 is 11.8 Å². The third-order valence-corrected chi connectivity index (χ3v) is 7.10. The lowest BCUT2D eigenvalue weighted by Gasteiger charge is -2.36. The average molecular weight is 430 g/mol. The summed E-state index contributed by atoms with van der Waals surface area (Å²) in [5.41, 5.74) is 1.30. The van der Waals surface area contributed by atoms with Gasteiger partial charge in [0.2, 0.25) is 0 Å². The van der Waals surface area contributed by atoms with Crippen LogP contribution in [0.5, 0.6) is 0 Å². The predicted molar refractivity (Wildman–Crippen MR) is 121 cm³/mol. The van der Waals surface area contributed by atoms with Crippen LogP contribution in [-0.2, 0) is 11.2 Å². The van der Waals surface area contributed by atoms with Gasteiger partial charge in [0.05, 0.1) is 0 Å². The number of aryl methyl sites for hydroxylation is 1. The van der Waals surface area contributed by atoms with E-state index >= 15 is 0 Å². The molecule has 0 bridgehead atoms. The molecule has 2 atom stereocenters. The highest BCUT2D eigenvalue weighted by Gasteiger charge is 2.48. The van der Waals surface area contributed by atoms with Crippen molar-refractivity contribution in [1.29, 1.82) is 0 Å². The maximum absolute atomic E-state index is 12.7. The SMILES string of the molecule is CN1C(=O)NC(=O)C2C1N=C(SCCN1CCCCC1)N2CCCc1ccccc1. The monoisotopic (exact) mass is 429 g/mol. The maximum Gasteiger partial charge on any atom is 0.325 e. The number of amidine groups is 1. The van der Waals surface area contributed by atoms with Gasteiger partial charge in [-0.05, 0) is 44.3 Å². The zero-order chi connectivity index (χ0) is 20.9. The first-order valence-electron chi connectivity index (χ1n) is 10.9. The number of nitrogens with zero attached hydrogens (tertiary/aromatic N) is 4. The Morgan fingerprint density at radius 3 is 2.63 bits per heavy atom. The summed E-state index contributed by atoms with van der Waals surface area (Å²) in [5.74, 6) is 0.713. The molecule has 3 heterocycles. The second kappa shape index (κ2) is 9.83. The third kappa shape index (κ3) is 4.81. The van der Waals surface area contributed by atoms with Gasteiger partial charge in [-0.1, -0.05) is 48.5 Å². The number of amides is 3. The molecule has 2 fully saturated rings. The molecule has 1 aromatic carbocycles. The van der Waals surface area contributed by atoms with Gasteiger partial charge in [0, 0.05) is 25.9 Å². The minimum absolute atomic E-state index is 0.238. The third-order valence-electron chi connectivity index (χ3n) is 6.12. The fourth-order valence-corrected chi connectivity index (χ4v) is 5.49. The molecule has 0 radical (unpaired) electrons. The van der Waals surface area contributed by atoms with Gasteiger partial charge in [-0.25, -0.2) is 9.79 Å². The van der Waals surface area contributed by atoms with Gasteiger partial charge < -0.3 is 14.7 Å². The molecule has 3 aliphatic rings. The molecule has 2 unspecified atom stereocenters. The van der Waals surface area contributed by atoms with Gasteiger partial charge in [0.25, 0.3) is 5.91 Å². The van der Waals surface area contributed by atoms with E-state index in [0.717, 1.165) is 36.9 Å². The van der Waals surface area contributed by atoms with E-state index in [4.69, 9.17) is 4.99 Å². The van der Waals surface area contributed by atoms with E-state index in [0.29, 0.717) is 0 Å². The van der Waals surface area contributed by atoms with Crippen molar-refractivity contribution in [2.24, 2.45) is 4.99 Å². The largest absolute Gasteiger partial charge is 0.336 e. The molecule has 0 aliphatic carbocycles. The summed E-state index contributed by atoms with van der Waals surface area (Å²) in [7, 11) is 1.71. The first-order chi connectivity index (χ1) is 14.6. The van der Waals surface area contributed by atoms with E-state index in [1.165, 1.54) is 37.9 Å². The van der Waals surface area contributed by atoms with Crippen LogP contribution in [0.4, 0.5) is 4.79 Å². The minimum atomic E-state index is -0.430. The number of rotatable bonds is 7. The van der Waals surface area contributed by atoms with Crippen molar-refractivity contribution >= 4 is 28.9 Å². The number of thioether (sulfide) groups is 1. The van der Waals surface area contributed by atoms with E-state index in [9.17, 15) is 9.59 Å². The van der Waals surface area contributed by atoms with Crippen LogP contribution in [0.15, 0.2) is 35.3 Å². The fraction of sp³-hybridized carbons (Fsp3) is 0.591. The minimum Gasteiger partial charge on any atom is -0.336 e. The Morgan fingerprint density at radius 2 is 1.87 bits per heavy atom. The molecule has 7 nitrogen and oxygen atoms in total. The van der Waals surface area contributed by atoms with Crippen molar-refractivity contribution < 1.29 is 9.59 Å². The van der Waals surface area contributed by atoms with E-state index in [1.807, 2.05) is 6.07 Å². The van der Waals surface area contributed by atoms with Crippen molar-refractivity contribution in [3.8, 4) is 0 Å². The molecule has 0 saturated carbocycles. The number of aliphatic imine (C=N–C) groups is 1. The lowest BCUT2D eigenvalue weighted by molar-refractivity contribution is -0.127. The standard InChI is InChI=1S/C22H31N5O2S/c1-25-19-18(20(28)24-21(25)29)27(14-8-11-17-9-4-2-5-10-17)22(23-19)30-16-15-26-12-6-3-7-13-26/h2,4-5,9-10,18-19H,3,6-8,11-16H2,1H3,(H,24,28,29). The van der Waals surface area contributed by atoms with Gasteiger partial charge in [-0.2, -0.15) is 0 Å². The molecular weight excluding hydrogens is 398 g/mol. The molecule has 4 rings (SSSR count). The number of likely N-dealkylation sites (N-methyl/N-ethyl adjacent to an activating group) is 1. The second-order valence-electron chi connectivity index (χ2n) is 8.21. The van der Waals surface area contributed by atoms with E-state index in [2.05, 4.69) is 39.4 Å². The number of carbonyl (C=O) groups is 2. The number of likely N-dealkylation sites (tertiary alicyclic amines) is 1. The number of hydrogen-bond acceptors (Lipinski definition) is 6. The summed E-state index contributed by atoms with van der Waals surface area (Å²) < 4.78 is 0. The number of fused-ring (bicyclic) bond motifs is 1. The Labute approximate surface area is 182 Å². The Kier molecular flexibility index (Phi) is 6.94. The smallest absolute Gasteiger partial charge is 0.325 e. The molecule has 0 aromatic heterocycles. The number of benzene rings is 1. The second-order valence-corrected chi connectivity index (χ2v) is 9.27. The molecule has 3 aliphatic heterocycles. The molecule has 162 valence electrons. The van der Waals surface area contributed by atoms with Crippen LogP contribution in [-0.4, -0.2) is 83.0 Å². The quantitative estimate of drug-likeness (QED) is 0.721. The van der Waals surface area contributed by atoms with Crippen molar-refractivity contribution in [2.45, 2.75) is 44.3 Å². The van der Waals surface area contributed by atoms with Crippen LogP contribution < -0.4 is 5.32 Å². The number of nitrogens with one attached hydrogen (secondary N) is 1. The van der Waals surface area contributed by atoms with Gasteiger partial charge >= 0.3 is 6.03 Å². The fourth-order valence-electron chi connectivity index (χ4n) is 4.40. The average Bonchev–Trinajstić information content (AvgIpc) is 3.13. The molecule has 2 saturated heterocycles. The zero-order valence-corrected chi connectivity index (χ0v) is 18.4. The summed E-state index contributed by atoms with van der Waals surface area (Å²) >= 11 is 1.72. The molecule has 3 amide bonds. The zero-order valence-electron chi connectivity index (χ0n) is 17.6. The Morgan fingerprint density at radius 1 is 1.10 bits per heavy atom. The van der Waals surface area contributed by atoms with Crippen molar-refractivity contribution in [2.75, 3.05) is 39.0 Å². The van der Waals surface area contributed by atoms with Gasteiger partial charge in [0.15, 0.2) is 17.4 Å². The summed E-state index contributed by atoms with van der Waals surface area (Å²) in [5, 5.41) is 3.38. The number of hydrogen-bond donors (Lipinski definition) is 1. The molecule has 1 aromatic rings. The van der Waals surface area contributed by atoms with Gasteiger partial charge in [0.1, 0.15) is 0 Å². The highest BCUT2D eigenvalue weighted by molar-refractivity contribution is 8.13. The topological polar surface area (TPSA) is 68.2 Å². The van der Waals surface area contributed by atoms with Crippen molar-refractivity contribution in [1.82, 2.24) is 20.0 Å². The number of carbonyl (C=O) groups excluding carboxylic acids is 2.